The number of aliphatic imine (C=N–C) groups is 2. The summed E-state index contributed by atoms with van der Waals surface area (Å²) in [6, 6.07) is 31.1. The molecule has 0 saturated carbocycles. The average molecular weight is 453 g/mol. The summed E-state index contributed by atoms with van der Waals surface area (Å²) in [6.07, 6.45) is 0. The second-order valence-electron chi connectivity index (χ2n) is 8.52. The molecule has 0 unspecified atom stereocenters. The summed E-state index contributed by atoms with van der Waals surface area (Å²) in [5, 5.41) is 6.74. The van der Waals surface area contributed by atoms with Crippen LogP contribution in [0, 0.1) is 0 Å². The maximum atomic E-state index is 6.49. The van der Waals surface area contributed by atoms with Gasteiger partial charge < -0.3 is 4.42 Å². The van der Waals surface area contributed by atoms with E-state index in [1.807, 2.05) is 36.4 Å². The van der Waals surface area contributed by atoms with Crippen LogP contribution in [0.25, 0.3) is 65.9 Å². The normalized spacial score (nSPS) is 12.4. The molecule has 0 amide bonds. The smallest absolute Gasteiger partial charge is 0.229 e. The molecule has 0 aliphatic rings. The first-order valence-electron chi connectivity index (χ1n) is 11.5. The van der Waals surface area contributed by atoms with E-state index >= 15 is 0 Å². The number of nitrogens with zero attached hydrogens (tertiary/aromatic N) is 4. The first kappa shape index (κ1) is 19.7. The minimum atomic E-state index is 0.535. The van der Waals surface area contributed by atoms with Crippen LogP contribution in [0.15, 0.2) is 105 Å². The van der Waals surface area contributed by atoms with Gasteiger partial charge in [0.25, 0.3) is 0 Å². The van der Waals surface area contributed by atoms with Gasteiger partial charge in [-0.1, -0.05) is 66.7 Å². The first-order valence-corrected chi connectivity index (χ1v) is 11.5. The van der Waals surface area contributed by atoms with Crippen LogP contribution in [0.5, 0.6) is 0 Å². The Labute approximate surface area is 200 Å². The van der Waals surface area contributed by atoms with Crippen LogP contribution in [0.3, 0.4) is 0 Å². The van der Waals surface area contributed by atoms with Crippen LogP contribution in [0.1, 0.15) is 0 Å². The lowest BCUT2D eigenvalue weighted by Gasteiger charge is -2.10. The zero-order valence-electron chi connectivity index (χ0n) is 19.1. The molecule has 0 fully saturated rings. The molecule has 35 heavy (non-hydrogen) atoms. The Balaban J connectivity index is 1.79. The van der Waals surface area contributed by atoms with E-state index in [1.165, 1.54) is 10.8 Å². The monoisotopic (exact) mass is 452 g/mol. The van der Waals surface area contributed by atoms with Crippen molar-refractivity contribution in [3.05, 3.63) is 91.0 Å². The Kier molecular flexibility index (Phi) is 4.14. The van der Waals surface area contributed by atoms with E-state index in [0.29, 0.717) is 11.9 Å². The van der Waals surface area contributed by atoms with Gasteiger partial charge in [-0.3, -0.25) is 9.56 Å². The summed E-state index contributed by atoms with van der Waals surface area (Å²) >= 11 is 0. The van der Waals surface area contributed by atoms with Gasteiger partial charge in [-0.2, -0.15) is 0 Å². The summed E-state index contributed by atoms with van der Waals surface area (Å²) in [7, 11) is 1.74. The molecule has 2 aromatic heterocycles. The van der Waals surface area contributed by atoms with Crippen molar-refractivity contribution >= 4 is 67.1 Å². The van der Waals surface area contributed by atoms with Crippen molar-refractivity contribution in [2.24, 2.45) is 9.98 Å². The summed E-state index contributed by atoms with van der Waals surface area (Å²) in [5.74, 6) is 1.14. The second-order valence-corrected chi connectivity index (χ2v) is 8.52. The largest absolute Gasteiger partial charge is 0.435 e. The summed E-state index contributed by atoms with van der Waals surface area (Å²) in [5.41, 5.74) is 4.50. The fourth-order valence-electron chi connectivity index (χ4n) is 5.29. The predicted molar refractivity (Wildman–Crippen MR) is 146 cm³/mol. The van der Waals surface area contributed by atoms with Gasteiger partial charge in [-0.05, 0) is 47.1 Å². The molecular formula is C30H20N4O. The van der Waals surface area contributed by atoms with Crippen molar-refractivity contribution in [1.29, 1.82) is 0 Å². The standard InChI is InChI=1S/C30H20N4O/c1-31-30(32-2)34-24-17-16-23-28(35-29(33-23)18-10-4-3-5-11-18)26(24)25-21-14-8-6-12-19(21)20-13-7-9-15-22(20)27(25)34/h3-17H,1H2,2H3/b32-30+. The minimum Gasteiger partial charge on any atom is -0.435 e. The third-order valence-corrected chi connectivity index (χ3v) is 6.72. The lowest BCUT2D eigenvalue weighted by atomic mass is 9.96. The SMILES string of the molecule is C=N/C(=N\C)n1c2ccc3nc(-c4ccccc4)oc3c2c2c3ccccc3c3ccccc3c21. The van der Waals surface area contributed by atoms with Crippen LogP contribution in [-0.2, 0) is 0 Å². The number of benzene rings is 5. The minimum absolute atomic E-state index is 0.535. The molecule has 7 aromatic rings. The molecule has 166 valence electrons. The Morgan fingerprint density at radius 1 is 0.771 bits per heavy atom. The third kappa shape index (κ3) is 2.66. The molecule has 2 heterocycles. The highest BCUT2D eigenvalue weighted by atomic mass is 16.3. The van der Waals surface area contributed by atoms with Crippen LogP contribution in [-0.4, -0.2) is 29.3 Å². The summed E-state index contributed by atoms with van der Waals surface area (Å²) < 4.78 is 8.58. The summed E-state index contributed by atoms with van der Waals surface area (Å²) in [6.45, 7) is 3.81. The Morgan fingerprint density at radius 3 is 2.14 bits per heavy atom. The van der Waals surface area contributed by atoms with Crippen molar-refractivity contribution in [1.82, 2.24) is 9.55 Å². The molecule has 0 bridgehead atoms. The van der Waals surface area contributed by atoms with E-state index < -0.39 is 0 Å². The van der Waals surface area contributed by atoms with Crippen LogP contribution < -0.4 is 0 Å². The molecule has 0 aliphatic heterocycles. The van der Waals surface area contributed by atoms with Crippen molar-refractivity contribution in [2.75, 3.05) is 7.05 Å². The molecule has 5 heteroatoms. The van der Waals surface area contributed by atoms with Gasteiger partial charge in [0.15, 0.2) is 5.58 Å². The Morgan fingerprint density at radius 2 is 1.43 bits per heavy atom. The van der Waals surface area contributed by atoms with Crippen LogP contribution in [0.2, 0.25) is 0 Å². The topological polar surface area (TPSA) is 55.7 Å². The van der Waals surface area contributed by atoms with E-state index in [1.54, 1.807) is 7.05 Å². The van der Waals surface area contributed by atoms with Gasteiger partial charge in [-0.25, -0.2) is 9.98 Å². The van der Waals surface area contributed by atoms with Gasteiger partial charge in [0.1, 0.15) is 5.52 Å². The molecule has 0 spiro atoms. The number of hydrogen-bond acceptors (Lipinski definition) is 3. The molecule has 0 atom stereocenters. The number of aromatic nitrogens is 2. The van der Waals surface area contributed by atoms with Crippen molar-refractivity contribution < 1.29 is 4.42 Å². The number of oxazole rings is 1. The molecule has 0 radical (unpaired) electrons. The van der Waals surface area contributed by atoms with Crippen molar-refractivity contribution in [3.8, 4) is 11.5 Å². The molecule has 0 saturated heterocycles. The lowest BCUT2D eigenvalue weighted by Crippen LogP contribution is -2.08. The molecule has 0 aliphatic carbocycles. The average Bonchev–Trinajstić information content (AvgIpc) is 3.50. The number of rotatable bonds is 1. The van der Waals surface area contributed by atoms with E-state index in [0.717, 1.165) is 49.2 Å². The zero-order valence-corrected chi connectivity index (χ0v) is 19.1. The summed E-state index contributed by atoms with van der Waals surface area (Å²) in [4.78, 5) is 13.6. The maximum Gasteiger partial charge on any atom is 0.229 e. The maximum absolute atomic E-state index is 6.49. The van der Waals surface area contributed by atoms with Crippen LogP contribution in [0.4, 0.5) is 0 Å². The zero-order chi connectivity index (χ0) is 23.5. The second kappa shape index (κ2) is 7.37. The first-order chi connectivity index (χ1) is 17.3. The van der Waals surface area contributed by atoms with E-state index in [-0.39, 0.29) is 0 Å². The number of fused-ring (bicyclic) bond motifs is 10. The predicted octanol–water partition coefficient (Wildman–Crippen LogP) is 7.44. The third-order valence-electron chi connectivity index (χ3n) is 6.72. The molecule has 5 aromatic carbocycles. The van der Waals surface area contributed by atoms with Crippen molar-refractivity contribution in [2.45, 2.75) is 0 Å². The van der Waals surface area contributed by atoms with Gasteiger partial charge in [0.2, 0.25) is 11.9 Å². The molecule has 5 nitrogen and oxygen atoms in total. The van der Waals surface area contributed by atoms with Gasteiger partial charge in [0, 0.05) is 23.4 Å². The van der Waals surface area contributed by atoms with Crippen molar-refractivity contribution in [3.63, 3.8) is 0 Å². The van der Waals surface area contributed by atoms with E-state index in [4.69, 9.17) is 9.40 Å². The highest BCUT2D eigenvalue weighted by Crippen LogP contribution is 2.44. The highest BCUT2D eigenvalue weighted by Gasteiger charge is 2.23. The molecular weight excluding hydrogens is 432 g/mol. The fourth-order valence-corrected chi connectivity index (χ4v) is 5.29. The molecule has 7 rings (SSSR count). The number of hydrogen-bond donors (Lipinski definition) is 0. The lowest BCUT2D eigenvalue weighted by molar-refractivity contribution is 0.623. The Hall–Kier alpha value is -4.77. The highest BCUT2D eigenvalue weighted by molar-refractivity contribution is 6.36. The van der Waals surface area contributed by atoms with Gasteiger partial charge in [0.05, 0.1) is 16.4 Å². The van der Waals surface area contributed by atoms with Gasteiger partial charge >= 0.3 is 0 Å². The van der Waals surface area contributed by atoms with E-state index in [2.05, 4.69) is 75.9 Å². The van der Waals surface area contributed by atoms with Gasteiger partial charge in [-0.15, -0.1) is 0 Å². The Bertz CT molecular complexity index is 1980. The molecule has 0 N–H and O–H groups in total. The fraction of sp³-hybridized carbons (Fsp3) is 0.0333. The van der Waals surface area contributed by atoms with Crippen LogP contribution >= 0.6 is 0 Å². The van der Waals surface area contributed by atoms with E-state index in [9.17, 15) is 0 Å². The quantitative estimate of drug-likeness (QED) is 0.148.